The van der Waals surface area contributed by atoms with Crippen molar-refractivity contribution in [2.75, 3.05) is 33.4 Å². The fraction of sp³-hybridized carbons (Fsp3) is 0.923. The highest BCUT2D eigenvalue weighted by Gasteiger charge is 2.18. The summed E-state index contributed by atoms with van der Waals surface area (Å²) in [4.78, 5) is 11.5. The van der Waals surface area contributed by atoms with Crippen LogP contribution in [0.2, 0.25) is 0 Å². The van der Waals surface area contributed by atoms with E-state index in [-0.39, 0.29) is 5.91 Å². The summed E-state index contributed by atoms with van der Waals surface area (Å²) in [6.45, 7) is 4.92. The van der Waals surface area contributed by atoms with E-state index >= 15 is 0 Å². The second-order valence-electron chi connectivity index (χ2n) is 5.11. The number of ether oxygens (including phenoxy) is 1. The van der Waals surface area contributed by atoms with Crippen LogP contribution in [0.25, 0.3) is 0 Å². The summed E-state index contributed by atoms with van der Waals surface area (Å²) in [5.74, 6) is 1.60. The third-order valence-electron chi connectivity index (χ3n) is 3.40. The van der Waals surface area contributed by atoms with Gasteiger partial charge in [-0.05, 0) is 24.7 Å². The molecule has 0 aliphatic heterocycles. The lowest BCUT2D eigenvalue weighted by molar-refractivity contribution is -0.120. The van der Waals surface area contributed by atoms with Crippen molar-refractivity contribution in [3.05, 3.63) is 0 Å². The summed E-state index contributed by atoms with van der Waals surface area (Å²) in [5, 5.41) is 6.05. The van der Waals surface area contributed by atoms with E-state index in [2.05, 4.69) is 17.6 Å². The summed E-state index contributed by atoms with van der Waals surface area (Å²) in [7, 11) is 1.66. The largest absolute Gasteiger partial charge is 0.383 e. The summed E-state index contributed by atoms with van der Waals surface area (Å²) in [6, 6.07) is 0. The normalized spacial score (nSPS) is 24.6. The zero-order chi connectivity index (χ0) is 12.5. The molecule has 1 rings (SSSR count). The Labute approximate surface area is 104 Å². The van der Waals surface area contributed by atoms with Crippen LogP contribution in [-0.2, 0) is 9.53 Å². The van der Waals surface area contributed by atoms with Crippen molar-refractivity contribution in [1.82, 2.24) is 10.6 Å². The molecule has 1 saturated carbocycles. The molecule has 4 heteroatoms. The number of hydrogen-bond donors (Lipinski definition) is 2. The SMILES string of the molecule is COCCNCC(=O)NCC1CCCC(C)C1. The second kappa shape index (κ2) is 8.48. The minimum atomic E-state index is 0.0966. The van der Waals surface area contributed by atoms with Crippen molar-refractivity contribution in [3.63, 3.8) is 0 Å². The Morgan fingerprint density at radius 1 is 1.41 bits per heavy atom. The van der Waals surface area contributed by atoms with Gasteiger partial charge >= 0.3 is 0 Å². The molecule has 0 heterocycles. The maximum atomic E-state index is 11.5. The number of amides is 1. The first-order valence-electron chi connectivity index (χ1n) is 6.68. The number of hydrogen-bond acceptors (Lipinski definition) is 3. The first-order chi connectivity index (χ1) is 8.22. The van der Waals surface area contributed by atoms with Crippen LogP contribution in [-0.4, -0.2) is 39.3 Å². The third kappa shape index (κ3) is 6.64. The quantitative estimate of drug-likeness (QED) is 0.659. The molecule has 2 N–H and O–H groups in total. The molecule has 0 spiro atoms. The molecule has 17 heavy (non-hydrogen) atoms. The fourth-order valence-electron chi connectivity index (χ4n) is 2.44. The van der Waals surface area contributed by atoms with E-state index < -0.39 is 0 Å². The maximum Gasteiger partial charge on any atom is 0.233 e. The molecular weight excluding hydrogens is 216 g/mol. The third-order valence-corrected chi connectivity index (χ3v) is 3.40. The number of rotatable bonds is 7. The van der Waals surface area contributed by atoms with E-state index in [9.17, 15) is 4.79 Å². The molecule has 2 atom stereocenters. The van der Waals surface area contributed by atoms with Gasteiger partial charge in [-0.3, -0.25) is 4.79 Å². The number of carbonyl (C=O) groups is 1. The van der Waals surface area contributed by atoms with Crippen LogP contribution in [0.5, 0.6) is 0 Å². The molecule has 100 valence electrons. The van der Waals surface area contributed by atoms with Gasteiger partial charge in [-0.1, -0.05) is 19.8 Å². The minimum absolute atomic E-state index is 0.0966. The van der Waals surface area contributed by atoms with Crippen LogP contribution in [0.1, 0.15) is 32.6 Å². The standard InChI is InChI=1S/C13H26N2O2/c1-11-4-3-5-12(8-11)9-15-13(16)10-14-6-7-17-2/h11-12,14H,3-10H2,1-2H3,(H,15,16). The molecule has 1 fully saturated rings. The zero-order valence-electron chi connectivity index (χ0n) is 11.1. The van der Waals surface area contributed by atoms with E-state index in [4.69, 9.17) is 4.74 Å². The van der Waals surface area contributed by atoms with Gasteiger partial charge in [-0.15, -0.1) is 0 Å². The van der Waals surface area contributed by atoms with Crippen LogP contribution >= 0.6 is 0 Å². The molecule has 0 radical (unpaired) electrons. The van der Waals surface area contributed by atoms with Crippen LogP contribution in [0, 0.1) is 11.8 Å². The first kappa shape index (κ1) is 14.5. The van der Waals surface area contributed by atoms with E-state index in [0.717, 1.165) is 19.0 Å². The Hall–Kier alpha value is -0.610. The molecule has 0 aromatic carbocycles. The minimum Gasteiger partial charge on any atom is -0.383 e. The summed E-state index contributed by atoms with van der Waals surface area (Å²) in [5.41, 5.74) is 0. The number of nitrogens with one attached hydrogen (secondary N) is 2. The maximum absolute atomic E-state index is 11.5. The van der Waals surface area contributed by atoms with Crippen molar-refractivity contribution in [3.8, 4) is 0 Å². The molecule has 4 nitrogen and oxygen atoms in total. The summed E-state index contributed by atoms with van der Waals surface area (Å²) >= 11 is 0. The van der Waals surface area contributed by atoms with Crippen LogP contribution in [0.3, 0.4) is 0 Å². The van der Waals surface area contributed by atoms with Crippen LogP contribution < -0.4 is 10.6 Å². The molecule has 1 aliphatic rings. The molecular formula is C13H26N2O2. The molecule has 1 aliphatic carbocycles. The van der Waals surface area contributed by atoms with Gasteiger partial charge in [-0.25, -0.2) is 0 Å². The summed E-state index contributed by atoms with van der Waals surface area (Å²) in [6.07, 6.45) is 5.19. The lowest BCUT2D eigenvalue weighted by Gasteiger charge is -2.26. The van der Waals surface area contributed by atoms with Gasteiger partial charge in [-0.2, -0.15) is 0 Å². The highest BCUT2D eigenvalue weighted by molar-refractivity contribution is 5.77. The topological polar surface area (TPSA) is 50.4 Å². The van der Waals surface area contributed by atoms with Gasteiger partial charge in [0.1, 0.15) is 0 Å². The van der Waals surface area contributed by atoms with Gasteiger partial charge in [0.2, 0.25) is 5.91 Å². The van der Waals surface area contributed by atoms with Crippen molar-refractivity contribution in [2.24, 2.45) is 11.8 Å². The Morgan fingerprint density at radius 2 is 2.24 bits per heavy atom. The molecule has 0 aromatic rings. The van der Waals surface area contributed by atoms with Crippen LogP contribution in [0.15, 0.2) is 0 Å². The Morgan fingerprint density at radius 3 is 2.94 bits per heavy atom. The molecule has 2 unspecified atom stereocenters. The Bertz CT molecular complexity index is 221. The van der Waals surface area contributed by atoms with E-state index in [1.807, 2.05) is 0 Å². The molecule has 0 bridgehead atoms. The van der Waals surface area contributed by atoms with Crippen molar-refractivity contribution in [1.29, 1.82) is 0 Å². The average Bonchev–Trinajstić information content (AvgIpc) is 2.32. The van der Waals surface area contributed by atoms with Crippen molar-refractivity contribution < 1.29 is 9.53 Å². The van der Waals surface area contributed by atoms with Crippen LogP contribution in [0.4, 0.5) is 0 Å². The fourth-order valence-corrected chi connectivity index (χ4v) is 2.44. The van der Waals surface area contributed by atoms with E-state index in [0.29, 0.717) is 19.1 Å². The van der Waals surface area contributed by atoms with Crippen molar-refractivity contribution >= 4 is 5.91 Å². The van der Waals surface area contributed by atoms with Gasteiger partial charge in [0, 0.05) is 20.2 Å². The highest BCUT2D eigenvalue weighted by atomic mass is 16.5. The first-order valence-corrected chi connectivity index (χ1v) is 6.68. The molecule has 0 saturated heterocycles. The van der Waals surface area contributed by atoms with Crippen molar-refractivity contribution in [2.45, 2.75) is 32.6 Å². The lowest BCUT2D eigenvalue weighted by atomic mass is 9.82. The summed E-state index contributed by atoms with van der Waals surface area (Å²) < 4.78 is 4.90. The monoisotopic (exact) mass is 242 g/mol. The highest BCUT2D eigenvalue weighted by Crippen LogP contribution is 2.27. The second-order valence-corrected chi connectivity index (χ2v) is 5.11. The average molecular weight is 242 g/mol. The van der Waals surface area contributed by atoms with Gasteiger partial charge < -0.3 is 15.4 Å². The Kier molecular flexibility index (Phi) is 7.21. The Balaban J connectivity index is 2.02. The number of carbonyl (C=O) groups excluding carboxylic acids is 1. The smallest absolute Gasteiger partial charge is 0.233 e. The van der Waals surface area contributed by atoms with E-state index in [1.54, 1.807) is 7.11 Å². The predicted octanol–water partition coefficient (Wildman–Crippen LogP) is 1.16. The molecule has 1 amide bonds. The van der Waals surface area contributed by atoms with E-state index in [1.165, 1.54) is 25.7 Å². The van der Waals surface area contributed by atoms with Gasteiger partial charge in [0.25, 0.3) is 0 Å². The zero-order valence-corrected chi connectivity index (χ0v) is 11.1. The lowest BCUT2D eigenvalue weighted by Crippen LogP contribution is -2.38. The van der Waals surface area contributed by atoms with Gasteiger partial charge in [0.05, 0.1) is 13.2 Å². The molecule has 0 aromatic heterocycles. The number of methoxy groups -OCH3 is 1. The van der Waals surface area contributed by atoms with Gasteiger partial charge in [0.15, 0.2) is 0 Å². The predicted molar refractivity (Wildman–Crippen MR) is 68.9 cm³/mol.